The highest BCUT2D eigenvalue weighted by molar-refractivity contribution is 6.88. The SMILES string of the molecule is C[Si](C)(C)c1ccc(N(c2ccccc2)c2ccc3c(ccc4c5ccc(N(c6ccccc6)c6ccccc6-c6ccccc6)cc5c5ccccc5c34)c2)cc1. The third kappa shape index (κ3) is 6.30. The van der Waals surface area contributed by atoms with Crippen molar-refractivity contribution >= 4 is 90.5 Å². The van der Waals surface area contributed by atoms with Gasteiger partial charge in [-0.3, -0.25) is 0 Å². The number of hydrogen-bond donors (Lipinski definition) is 0. The van der Waals surface area contributed by atoms with Crippen molar-refractivity contribution in [1.29, 1.82) is 0 Å². The van der Waals surface area contributed by atoms with Crippen LogP contribution in [0.3, 0.4) is 0 Å². The Bertz CT molecular complexity index is 3060. The van der Waals surface area contributed by atoms with E-state index in [1.54, 1.807) is 0 Å². The molecule has 0 saturated heterocycles. The van der Waals surface area contributed by atoms with Crippen LogP contribution >= 0.6 is 0 Å². The van der Waals surface area contributed by atoms with Crippen LogP contribution in [0.1, 0.15) is 0 Å². The fraction of sp³-hybridized carbons (Fsp3) is 0.0545. The molecule has 0 saturated carbocycles. The predicted octanol–water partition coefficient (Wildman–Crippen LogP) is 15.5. The van der Waals surface area contributed by atoms with Crippen LogP contribution in [0, 0.1) is 0 Å². The summed E-state index contributed by atoms with van der Waals surface area (Å²) in [6, 6.07) is 77.7. The first-order chi connectivity index (χ1) is 28.4. The van der Waals surface area contributed by atoms with E-state index in [4.69, 9.17) is 0 Å². The van der Waals surface area contributed by atoms with E-state index >= 15 is 0 Å². The summed E-state index contributed by atoms with van der Waals surface area (Å²) in [5, 5.41) is 11.5. The molecule has 2 nitrogen and oxygen atoms in total. The van der Waals surface area contributed by atoms with Gasteiger partial charge in [-0.25, -0.2) is 0 Å². The number of fused-ring (bicyclic) bond motifs is 8. The topological polar surface area (TPSA) is 6.48 Å². The van der Waals surface area contributed by atoms with E-state index in [0.717, 1.165) is 34.1 Å². The molecule has 278 valence electrons. The van der Waals surface area contributed by atoms with E-state index in [1.807, 2.05) is 0 Å². The maximum Gasteiger partial charge on any atom is 0.0775 e. The van der Waals surface area contributed by atoms with Gasteiger partial charge in [-0.1, -0.05) is 170 Å². The van der Waals surface area contributed by atoms with Crippen LogP contribution in [0.5, 0.6) is 0 Å². The molecule has 0 N–H and O–H groups in total. The highest BCUT2D eigenvalue weighted by Gasteiger charge is 2.21. The van der Waals surface area contributed by atoms with Crippen molar-refractivity contribution < 1.29 is 0 Å². The van der Waals surface area contributed by atoms with Gasteiger partial charge in [0.05, 0.1) is 13.8 Å². The van der Waals surface area contributed by atoms with Crippen molar-refractivity contribution in [3.05, 3.63) is 212 Å². The maximum absolute atomic E-state index is 2.40. The fourth-order valence-electron chi connectivity index (χ4n) is 8.71. The molecule has 0 bridgehead atoms. The van der Waals surface area contributed by atoms with Crippen LogP contribution in [0.4, 0.5) is 34.1 Å². The summed E-state index contributed by atoms with van der Waals surface area (Å²) in [7, 11) is -1.43. The summed E-state index contributed by atoms with van der Waals surface area (Å²) in [5.74, 6) is 0. The Morgan fingerprint density at radius 3 is 1.50 bits per heavy atom. The molecule has 3 heteroatoms. The zero-order valence-electron chi connectivity index (χ0n) is 33.1. The lowest BCUT2D eigenvalue weighted by atomic mass is 9.90. The van der Waals surface area contributed by atoms with Crippen molar-refractivity contribution in [2.24, 2.45) is 0 Å². The van der Waals surface area contributed by atoms with Gasteiger partial charge in [0.25, 0.3) is 0 Å². The molecule has 0 aromatic heterocycles. The molecule has 0 unspecified atom stereocenters. The van der Waals surface area contributed by atoms with Gasteiger partial charge in [-0.05, 0) is 115 Å². The van der Waals surface area contributed by atoms with Crippen molar-refractivity contribution in [2.75, 3.05) is 9.80 Å². The van der Waals surface area contributed by atoms with Gasteiger partial charge < -0.3 is 9.80 Å². The molecule has 10 rings (SSSR count). The van der Waals surface area contributed by atoms with Crippen LogP contribution in [0.25, 0.3) is 54.2 Å². The number of nitrogens with zero attached hydrogens (tertiary/aromatic N) is 2. The first kappa shape index (κ1) is 35.5. The van der Waals surface area contributed by atoms with Crippen molar-refractivity contribution in [2.45, 2.75) is 19.6 Å². The molecule has 58 heavy (non-hydrogen) atoms. The molecule has 0 aliphatic heterocycles. The van der Waals surface area contributed by atoms with Gasteiger partial charge in [0.15, 0.2) is 0 Å². The Kier molecular flexibility index (Phi) is 8.89. The Morgan fingerprint density at radius 1 is 0.328 bits per heavy atom. The van der Waals surface area contributed by atoms with E-state index in [1.165, 1.54) is 59.4 Å². The van der Waals surface area contributed by atoms with Crippen LogP contribution in [0.15, 0.2) is 212 Å². The van der Waals surface area contributed by atoms with E-state index in [-0.39, 0.29) is 0 Å². The molecule has 0 atom stereocenters. The highest BCUT2D eigenvalue weighted by Crippen LogP contribution is 2.45. The summed E-state index contributed by atoms with van der Waals surface area (Å²) in [4.78, 5) is 4.78. The molecular weight excluding hydrogens is 717 g/mol. The number of para-hydroxylation sites is 3. The number of benzene rings is 10. The maximum atomic E-state index is 2.40. The third-order valence-electron chi connectivity index (χ3n) is 11.5. The lowest BCUT2D eigenvalue weighted by Gasteiger charge is -2.28. The standard InChI is InChI=1S/C55H44N2Si/c1-58(2,3)46-32-28-43(29-33-46)56(41-19-9-5-10-20-41)44-30-35-48-40(37-44)27-34-52-50-36-31-45(38-53(50)49-24-13-14-25-51(49)55(48)52)57(42-21-11-6-12-22-42)54-26-16-15-23-47(54)39-17-7-4-8-18-39/h4-38H,1-3H3. The van der Waals surface area contributed by atoms with Crippen LogP contribution in [-0.4, -0.2) is 8.07 Å². The van der Waals surface area contributed by atoms with Gasteiger partial charge in [0, 0.05) is 34.0 Å². The van der Waals surface area contributed by atoms with Gasteiger partial charge >= 0.3 is 0 Å². The van der Waals surface area contributed by atoms with Crippen LogP contribution in [-0.2, 0) is 0 Å². The van der Waals surface area contributed by atoms with Gasteiger partial charge in [-0.2, -0.15) is 0 Å². The third-order valence-corrected chi connectivity index (χ3v) is 13.6. The highest BCUT2D eigenvalue weighted by atomic mass is 28.3. The first-order valence-corrected chi connectivity index (χ1v) is 23.7. The minimum absolute atomic E-state index is 1.12. The van der Waals surface area contributed by atoms with Crippen LogP contribution in [0.2, 0.25) is 19.6 Å². The predicted molar refractivity (Wildman–Crippen MR) is 254 cm³/mol. The summed E-state index contributed by atoms with van der Waals surface area (Å²) in [6.07, 6.45) is 0. The van der Waals surface area contributed by atoms with Crippen molar-refractivity contribution in [1.82, 2.24) is 0 Å². The second-order valence-electron chi connectivity index (χ2n) is 16.2. The van der Waals surface area contributed by atoms with E-state index in [0.29, 0.717) is 0 Å². The normalized spacial score (nSPS) is 11.7. The molecule has 0 fully saturated rings. The average molecular weight is 761 g/mol. The lowest BCUT2D eigenvalue weighted by molar-refractivity contribution is 1.29. The molecule has 0 aliphatic rings. The van der Waals surface area contributed by atoms with Crippen molar-refractivity contribution in [3.63, 3.8) is 0 Å². The molecule has 10 aromatic rings. The molecule has 0 spiro atoms. The van der Waals surface area contributed by atoms with Crippen LogP contribution < -0.4 is 15.0 Å². The number of rotatable bonds is 8. The summed E-state index contributed by atoms with van der Waals surface area (Å²) < 4.78 is 0. The fourth-order valence-corrected chi connectivity index (χ4v) is 9.87. The minimum atomic E-state index is -1.43. The second kappa shape index (κ2) is 14.5. The van der Waals surface area contributed by atoms with E-state index < -0.39 is 8.07 Å². The summed E-state index contributed by atoms with van der Waals surface area (Å²) in [6.45, 7) is 7.21. The molecular formula is C55H44N2Si. The number of anilines is 6. The average Bonchev–Trinajstić information content (AvgIpc) is 3.27. The quantitative estimate of drug-likeness (QED) is 0.112. The van der Waals surface area contributed by atoms with Gasteiger partial charge in [0.2, 0.25) is 0 Å². The Balaban J connectivity index is 1.15. The molecule has 0 radical (unpaired) electrons. The Hall–Kier alpha value is -6.94. The van der Waals surface area contributed by atoms with Gasteiger partial charge in [0.1, 0.15) is 0 Å². The van der Waals surface area contributed by atoms with Crippen molar-refractivity contribution in [3.8, 4) is 11.1 Å². The van der Waals surface area contributed by atoms with E-state index in [9.17, 15) is 0 Å². The first-order valence-electron chi connectivity index (χ1n) is 20.2. The minimum Gasteiger partial charge on any atom is -0.310 e. The smallest absolute Gasteiger partial charge is 0.0775 e. The van der Waals surface area contributed by atoms with E-state index in [2.05, 4.69) is 242 Å². The monoisotopic (exact) mass is 760 g/mol. The van der Waals surface area contributed by atoms with Gasteiger partial charge in [-0.15, -0.1) is 0 Å². The summed E-state index contributed by atoms with van der Waals surface area (Å²) >= 11 is 0. The molecule has 0 heterocycles. The number of hydrogen-bond acceptors (Lipinski definition) is 2. The zero-order chi connectivity index (χ0) is 39.2. The Morgan fingerprint density at radius 2 is 0.810 bits per heavy atom. The molecule has 0 amide bonds. The summed E-state index contributed by atoms with van der Waals surface area (Å²) in [5.41, 5.74) is 9.22. The molecule has 10 aromatic carbocycles. The Labute approximate surface area is 341 Å². The lowest BCUT2D eigenvalue weighted by Crippen LogP contribution is -2.37. The zero-order valence-corrected chi connectivity index (χ0v) is 34.1. The largest absolute Gasteiger partial charge is 0.310 e. The molecule has 0 aliphatic carbocycles. The second-order valence-corrected chi connectivity index (χ2v) is 21.3.